The van der Waals surface area contributed by atoms with Gasteiger partial charge in [-0.3, -0.25) is 8.37 Å². The van der Waals surface area contributed by atoms with E-state index in [2.05, 4.69) is 26.0 Å². The number of aromatic hydroxyl groups is 2. The predicted octanol–water partition coefficient (Wildman–Crippen LogP) is 8.66. The first-order valence-electron chi connectivity index (χ1n) is 18.9. The van der Waals surface area contributed by atoms with Crippen molar-refractivity contribution < 1.29 is 32.3 Å². The van der Waals surface area contributed by atoms with E-state index in [1.807, 2.05) is 26.0 Å². The molecule has 0 heterocycles. The van der Waals surface area contributed by atoms with E-state index in [9.17, 15) is 14.4 Å². The van der Waals surface area contributed by atoms with Crippen molar-refractivity contribution in [3.63, 3.8) is 0 Å². The molecule has 4 fully saturated rings. The largest absolute Gasteiger partial charge is 0.504 e. The first-order valence-corrected chi connectivity index (χ1v) is 19.9. The van der Waals surface area contributed by atoms with Crippen molar-refractivity contribution in [2.75, 3.05) is 13.2 Å². The van der Waals surface area contributed by atoms with Gasteiger partial charge < -0.3 is 19.7 Å². The normalized spacial score (nSPS) is 38.5. The molecule has 7 nitrogen and oxygen atoms in total. The number of phenols is 2. The lowest BCUT2D eigenvalue weighted by Crippen LogP contribution is -2.46. The molecule has 0 amide bonds. The van der Waals surface area contributed by atoms with Gasteiger partial charge in [-0.2, -0.15) is 4.21 Å². The minimum absolute atomic E-state index is 0.0121. The number of aryl methyl sites for hydroxylation is 2. The topological polar surface area (TPSA) is 94.5 Å². The predicted molar refractivity (Wildman–Crippen MR) is 186 cm³/mol. The van der Waals surface area contributed by atoms with E-state index >= 15 is 0 Å². The summed E-state index contributed by atoms with van der Waals surface area (Å²) in [5.41, 5.74) is 5.23. The average molecular weight is 679 g/mol. The summed E-state index contributed by atoms with van der Waals surface area (Å²) in [5, 5.41) is 21.0. The van der Waals surface area contributed by atoms with E-state index in [4.69, 9.17) is 17.8 Å². The molecule has 48 heavy (non-hydrogen) atoms. The number of rotatable bonds is 8. The Morgan fingerprint density at radius 2 is 1.10 bits per heavy atom. The number of ether oxygens (including phenoxy) is 2. The van der Waals surface area contributed by atoms with Crippen molar-refractivity contribution in [1.29, 1.82) is 0 Å². The van der Waals surface area contributed by atoms with Gasteiger partial charge in [0.05, 0.1) is 25.4 Å². The highest BCUT2D eigenvalue weighted by atomic mass is 32.2. The van der Waals surface area contributed by atoms with Crippen LogP contribution in [0.5, 0.6) is 23.0 Å². The van der Waals surface area contributed by atoms with Gasteiger partial charge in [0.15, 0.2) is 23.0 Å². The van der Waals surface area contributed by atoms with Crippen LogP contribution in [-0.4, -0.2) is 39.8 Å². The third kappa shape index (κ3) is 5.21. The fourth-order valence-electron chi connectivity index (χ4n) is 12.1. The van der Waals surface area contributed by atoms with Crippen LogP contribution in [0.4, 0.5) is 0 Å². The van der Waals surface area contributed by atoms with Gasteiger partial charge in [-0.25, -0.2) is 0 Å². The highest BCUT2D eigenvalue weighted by molar-refractivity contribution is 7.75. The lowest BCUT2D eigenvalue weighted by Gasteiger charge is -2.51. The van der Waals surface area contributed by atoms with Crippen molar-refractivity contribution in [1.82, 2.24) is 0 Å². The van der Waals surface area contributed by atoms with E-state index in [-0.39, 0.29) is 34.5 Å². The van der Waals surface area contributed by atoms with Crippen LogP contribution in [-0.2, 0) is 32.6 Å². The summed E-state index contributed by atoms with van der Waals surface area (Å²) in [6.07, 6.45) is 12.4. The second kappa shape index (κ2) is 12.5. The molecule has 6 aliphatic rings. The van der Waals surface area contributed by atoms with Crippen LogP contribution in [0.25, 0.3) is 0 Å². The van der Waals surface area contributed by atoms with Crippen molar-refractivity contribution in [3.8, 4) is 23.0 Å². The lowest BCUT2D eigenvalue weighted by molar-refractivity contribution is -0.0294. The molecule has 262 valence electrons. The Morgan fingerprint density at radius 1 is 0.667 bits per heavy atom. The zero-order valence-electron chi connectivity index (χ0n) is 29.2. The second-order valence-electron chi connectivity index (χ2n) is 16.4. The molecule has 8 heteroatoms. The Balaban J connectivity index is 0.930. The highest BCUT2D eigenvalue weighted by Crippen LogP contribution is 2.64. The number of phenolic OH excluding ortho intramolecular Hbond substituents is 2. The van der Waals surface area contributed by atoms with Crippen molar-refractivity contribution in [3.05, 3.63) is 46.5 Å². The Hall–Kier alpha value is -2.29. The zero-order chi connectivity index (χ0) is 33.4. The van der Waals surface area contributed by atoms with Gasteiger partial charge >= 0.3 is 11.4 Å². The van der Waals surface area contributed by atoms with E-state index < -0.39 is 11.4 Å². The SMILES string of the molecule is CCOc1cc2c(cc1O)CC[C@@H]1[C@@H]2CC[C@]2(C)C(OS(=O)OC3CC[C@H]4[C@@H]5CCc6cc(O)c(OCC)cc6[C@H]5CC[C@]34C)CC[C@@H]12. The Labute approximate surface area is 289 Å². The summed E-state index contributed by atoms with van der Waals surface area (Å²) < 4.78 is 38.2. The van der Waals surface area contributed by atoms with Crippen LogP contribution in [0.1, 0.15) is 126 Å². The summed E-state index contributed by atoms with van der Waals surface area (Å²) in [6.45, 7) is 9.75. The molecule has 2 aromatic rings. The van der Waals surface area contributed by atoms with E-state index in [0.29, 0.717) is 60.2 Å². The van der Waals surface area contributed by atoms with Crippen LogP contribution < -0.4 is 9.47 Å². The van der Waals surface area contributed by atoms with Gasteiger partial charge in [-0.15, -0.1) is 0 Å². The molecule has 2 aromatic carbocycles. The molecule has 10 atom stereocenters. The third-order valence-corrected chi connectivity index (χ3v) is 15.2. The molecule has 6 aliphatic carbocycles. The van der Waals surface area contributed by atoms with Crippen molar-refractivity contribution in [2.24, 2.45) is 34.5 Å². The third-order valence-electron chi connectivity index (χ3n) is 14.4. The molecule has 2 N–H and O–H groups in total. The number of fused-ring (bicyclic) bond motifs is 10. The summed E-state index contributed by atoms with van der Waals surface area (Å²) in [5.74, 6) is 4.84. The average Bonchev–Trinajstić information content (AvgIpc) is 3.57. The molecule has 0 spiro atoms. The molecular weight excluding hydrogens is 624 g/mol. The molecule has 4 saturated carbocycles. The lowest BCUT2D eigenvalue weighted by atomic mass is 9.55. The van der Waals surface area contributed by atoms with Crippen LogP contribution in [0.2, 0.25) is 0 Å². The van der Waals surface area contributed by atoms with Crippen LogP contribution in [0, 0.1) is 34.5 Å². The maximum absolute atomic E-state index is 13.7. The molecule has 8 rings (SSSR count). The first-order chi connectivity index (χ1) is 23.1. The quantitative estimate of drug-likeness (QED) is 0.289. The minimum Gasteiger partial charge on any atom is -0.504 e. The minimum atomic E-state index is -1.78. The van der Waals surface area contributed by atoms with Crippen molar-refractivity contribution >= 4 is 11.4 Å². The molecule has 0 aromatic heterocycles. The zero-order valence-corrected chi connectivity index (χ0v) is 30.0. The molecular formula is C40H54O7S. The fourth-order valence-corrected chi connectivity index (χ4v) is 13.2. The van der Waals surface area contributed by atoms with Crippen LogP contribution in [0.15, 0.2) is 24.3 Å². The van der Waals surface area contributed by atoms with Gasteiger partial charge in [-0.05, 0) is 184 Å². The second-order valence-corrected chi connectivity index (χ2v) is 17.1. The molecule has 0 radical (unpaired) electrons. The van der Waals surface area contributed by atoms with Gasteiger partial charge in [-0.1, -0.05) is 13.8 Å². The van der Waals surface area contributed by atoms with Gasteiger partial charge in [0.1, 0.15) is 0 Å². The van der Waals surface area contributed by atoms with Gasteiger partial charge in [0, 0.05) is 0 Å². The fraction of sp³-hybridized carbons (Fsp3) is 0.700. The Morgan fingerprint density at radius 3 is 1.52 bits per heavy atom. The summed E-state index contributed by atoms with van der Waals surface area (Å²) in [6, 6.07) is 8.08. The van der Waals surface area contributed by atoms with Gasteiger partial charge in [0.25, 0.3) is 0 Å². The first kappa shape index (κ1) is 32.9. The molecule has 0 bridgehead atoms. The van der Waals surface area contributed by atoms with Crippen molar-refractivity contribution in [2.45, 2.75) is 129 Å². The van der Waals surface area contributed by atoms with E-state index in [1.165, 1.54) is 22.3 Å². The number of hydrogen-bond acceptors (Lipinski definition) is 7. The summed E-state index contributed by atoms with van der Waals surface area (Å²) in [4.78, 5) is 0. The number of benzene rings is 2. The van der Waals surface area contributed by atoms with Crippen LogP contribution in [0.3, 0.4) is 0 Å². The Bertz CT molecular complexity index is 1460. The summed E-state index contributed by atoms with van der Waals surface area (Å²) in [7, 11) is 0. The van der Waals surface area contributed by atoms with E-state index in [1.54, 1.807) is 0 Å². The van der Waals surface area contributed by atoms with Gasteiger partial charge in [0.2, 0.25) is 0 Å². The summed E-state index contributed by atoms with van der Waals surface area (Å²) >= 11 is -1.78. The molecule has 2 unspecified atom stereocenters. The standard InChI is InChI=1S/C40H54O7S/c1-5-44-35-21-29-23(19-33(35)41)7-9-27-25(29)15-17-39(3)31(27)11-13-37(39)46-48(43)47-38-14-12-32-28-10-8-24-20-34(42)36(45-6-2)22-30(24)26(28)16-18-40(32,38)4/h19-22,25-28,31-32,37-38,41-42H,5-18H2,1-4H3/t25-,26-,27+,28+,31-,32-,37?,38?,39-,40-,48?/m0/s1. The molecule has 0 saturated heterocycles. The smallest absolute Gasteiger partial charge is 0.305 e. The maximum atomic E-state index is 13.7. The monoisotopic (exact) mass is 678 g/mol. The highest BCUT2D eigenvalue weighted by Gasteiger charge is 2.58. The molecule has 0 aliphatic heterocycles. The Kier molecular flexibility index (Phi) is 8.56. The van der Waals surface area contributed by atoms with E-state index in [0.717, 1.165) is 77.0 Å². The number of hydrogen-bond donors (Lipinski definition) is 2. The maximum Gasteiger partial charge on any atom is 0.305 e. The van der Waals surface area contributed by atoms with Crippen LogP contribution >= 0.6 is 0 Å².